The van der Waals surface area contributed by atoms with Crippen molar-refractivity contribution in [3.63, 3.8) is 0 Å². The van der Waals surface area contributed by atoms with Gasteiger partial charge in [-0.05, 0) is 24.1 Å². The number of piperidine rings is 1. The van der Waals surface area contributed by atoms with Gasteiger partial charge in [-0.15, -0.1) is 10.2 Å². The number of halogens is 5. The van der Waals surface area contributed by atoms with Gasteiger partial charge in [0.05, 0.1) is 49.7 Å². The Morgan fingerprint density at radius 1 is 1.24 bits per heavy atom. The van der Waals surface area contributed by atoms with Gasteiger partial charge in [0.15, 0.2) is 5.82 Å². The standard InChI is InChI=1S/C23H23F5N8O2/c1-37-21-20-19(12-2-3-17-18(6-12)36(33-31-17)11-23(26,27)28)15(25)8-35(20)32-22(30-21)29-16-4-5-34(7-14(16)24)13-9-38-10-13/h2-3,6,8,13-14,16H,4-5,7,9-11H2,1H3,(H,29,32)/t14-,16-/m1/s1. The predicted molar refractivity (Wildman–Crippen MR) is 125 cm³/mol. The molecule has 0 aliphatic carbocycles. The number of ether oxygens (including phenoxy) is 2. The van der Waals surface area contributed by atoms with E-state index in [0.29, 0.717) is 30.9 Å². The quantitative estimate of drug-likeness (QED) is 0.375. The van der Waals surface area contributed by atoms with Gasteiger partial charge in [-0.25, -0.2) is 18.0 Å². The Labute approximate surface area is 212 Å². The van der Waals surface area contributed by atoms with E-state index in [0.717, 1.165) is 6.20 Å². The second-order valence-corrected chi connectivity index (χ2v) is 9.40. The summed E-state index contributed by atoms with van der Waals surface area (Å²) in [6.45, 7) is 0.830. The van der Waals surface area contributed by atoms with E-state index >= 15 is 4.39 Å². The minimum Gasteiger partial charge on any atom is -0.479 e. The number of hydrogen-bond donors (Lipinski definition) is 1. The first-order valence-corrected chi connectivity index (χ1v) is 12.0. The van der Waals surface area contributed by atoms with Gasteiger partial charge in [0.1, 0.15) is 23.7 Å². The lowest BCUT2D eigenvalue weighted by atomic mass is 10.0. The average Bonchev–Trinajstić information content (AvgIpc) is 3.37. The molecule has 2 atom stereocenters. The van der Waals surface area contributed by atoms with Gasteiger partial charge >= 0.3 is 6.18 Å². The van der Waals surface area contributed by atoms with Crippen molar-refractivity contribution in [1.82, 2.24) is 34.5 Å². The molecule has 38 heavy (non-hydrogen) atoms. The monoisotopic (exact) mass is 538 g/mol. The molecule has 5 heterocycles. The van der Waals surface area contributed by atoms with Crippen LogP contribution in [0.25, 0.3) is 27.7 Å². The lowest BCUT2D eigenvalue weighted by Crippen LogP contribution is -2.57. The molecule has 0 unspecified atom stereocenters. The second kappa shape index (κ2) is 9.31. The van der Waals surface area contributed by atoms with Crippen LogP contribution in [0.1, 0.15) is 6.42 Å². The third-order valence-electron chi connectivity index (χ3n) is 6.90. The molecular weight excluding hydrogens is 515 g/mol. The smallest absolute Gasteiger partial charge is 0.408 e. The molecule has 0 bridgehead atoms. The summed E-state index contributed by atoms with van der Waals surface area (Å²) in [7, 11) is 1.35. The molecule has 0 radical (unpaired) electrons. The molecule has 2 aliphatic rings. The molecule has 0 saturated carbocycles. The first-order valence-electron chi connectivity index (χ1n) is 12.0. The summed E-state index contributed by atoms with van der Waals surface area (Å²) >= 11 is 0. The zero-order valence-corrected chi connectivity index (χ0v) is 20.1. The normalized spacial score (nSPS) is 21.2. The summed E-state index contributed by atoms with van der Waals surface area (Å²) in [5.74, 6) is -0.613. The molecule has 202 valence electrons. The van der Waals surface area contributed by atoms with Gasteiger partial charge in [0, 0.05) is 13.1 Å². The van der Waals surface area contributed by atoms with Crippen molar-refractivity contribution in [2.24, 2.45) is 0 Å². The maximum atomic E-state index is 15.3. The summed E-state index contributed by atoms with van der Waals surface area (Å²) < 4.78 is 81.7. The number of aromatic nitrogens is 6. The Morgan fingerprint density at radius 3 is 2.74 bits per heavy atom. The number of nitrogens with zero attached hydrogens (tertiary/aromatic N) is 7. The van der Waals surface area contributed by atoms with Gasteiger partial charge in [0.25, 0.3) is 0 Å². The fraction of sp³-hybridized carbons (Fsp3) is 0.478. The van der Waals surface area contributed by atoms with Crippen LogP contribution in [0.3, 0.4) is 0 Å². The van der Waals surface area contributed by atoms with Gasteiger partial charge in [0.2, 0.25) is 11.8 Å². The SMILES string of the molecule is COc1nc(N[C@@H]2CCN(C3COC3)C[C@H]2F)nn2cc(F)c(-c3ccc4nnn(CC(F)(F)F)c4c3)c12. The van der Waals surface area contributed by atoms with E-state index in [-0.39, 0.29) is 52.1 Å². The van der Waals surface area contributed by atoms with Crippen molar-refractivity contribution in [1.29, 1.82) is 0 Å². The second-order valence-electron chi connectivity index (χ2n) is 9.40. The summed E-state index contributed by atoms with van der Waals surface area (Å²) in [5, 5.41) is 14.6. The van der Waals surface area contributed by atoms with E-state index in [9.17, 15) is 17.6 Å². The van der Waals surface area contributed by atoms with Crippen LogP contribution < -0.4 is 10.1 Å². The number of likely N-dealkylation sites (tertiary alicyclic amines) is 1. The molecule has 4 aromatic rings. The minimum atomic E-state index is -4.51. The van der Waals surface area contributed by atoms with Gasteiger partial charge in [-0.1, -0.05) is 11.3 Å². The molecule has 2 fully saturated rings. The van der Waals surface area contributed by atoms with Crippen LogP contribution in [0.4, 0.5) is 27.9 Å². The molecule has 2 saturated heterocycles. The fourth-order valence-corrected chi connectivity index (χ4v) is 4.93. The average molecular weight is 538 g/mol. The molecule has 0 spiro atoms. The van der Waals surface area contributed by atoms with Crippen molar-refractivity contribution in [3.05, 3.63) is 30.2 Å². The molecule has 2 aliphatic heterocycles. The number of rotatable bonds is 6. The van der Waals surface area contributed by atoms with Crippen LogP contribution in [0.2, 0.25) is 0 Å². The first-order chi connectivity index (χ1) is 18.2. The van der Waals surface area contributed by atoms with Gasteiger partial charge in [-0.2, -0.15) is 18.2 Å². The van der Waals surface area contributed by atoms with Crippen LogP contribution in [0, 0.1) is 5.82 Å². The molecule has 0 amide bonds. The lowest BCUT2D eigenvalue weighted by molar-refractivity contribution is -0.142. The lowest BCUT2D eigenvalue weighted by Gasteiger charge is -2.42. The predicted octanol–water partition coefficient (Wildman–Crippen LogP) is 3.07. The maximum Gasteiger partial charge on any atom is 0.408 e. The molecule has 6 rings (SSSR count). The van der Waals surface area contributed by atoms with Crippen LogP contribution in [0.15, 0.2) is 24.4 Å². The highest BCUT2D eigenvalue weighted by molar-refractivity contribution is 5.89. The minimum absolute atomic E-state index is 0.0166. The Morgan fingerprint density at radius 2 is 2.05 bits per heavy atom. The van der Waals surface area contributed by atoms with Crippen molar-refractivity contribution >= 4 is 22.5 Å². The van der Waals surface area contributed by atoms with E-state index in [1.54, 1.807) is 0 Å². The van der Waals surface area contributed by atoms with E-state index in [2.05, 4.69) is 30.6 Å². The van der Waals surface area contributed by atoms with E-state index in [1.165, 1.54) is 29.8 Å². The third kappa shape index (κ3) is 4.49. The number of benzene rings is 1. The zero-order valence-electron chi connectivity index (χ0n) is 20.1. The topological polar surface area (TPSA) is 94.6 Å². The maximum absolute atomic E-state index is 15.3. The summed E-state index contributed by atoms with van der Waals surface area (Å²) in [5.41, 5.74) is 0.789. The largest absolute Gasteiger partial charge is 0.479 e. The number of alkyl halides is 4. The number of anilines is 1. The Bertz CT molecular complexity index is 1480. The molecule has 1 aromatic carbocycles. The van der Waals surface area contributed by atoms with Crippen molar-refractivity contribution < 1.29 is 31.4 Å². The van der Waals surface area contributed by atoms with Crippen LogP contribution in [0.5, 0.6) is 5.88 Å². The fourth-order valence-electron chi connectivity index (χ4n) is 4.93. The Kier molecular flexibility index (Phi) is 6.06. The molecule has 1 N–H and O–H groups in total. The first kappa shape index (κ1) is 24.7. The Hall–Kier alpha value is -3.59. The zero-order chi connectivity index (χ0) is 26.6. The van der Waals surface area contributed by atoms with E-state index in [4.69, 9.17) is 9.47 Å². The third-order valence-corrected chi connectivity index (χ3v) is 6.90. The van der Waals surface area contributed by atoms with Gasteiger partial charge < -0.3 is 14.8 Å². The molecular formula is C23H23F5N8O2. The summed E-state index contributed by atoms with van der Waals surface area (Å²) in [4.78, 5) is 6.40. The number of methoxy groups -OCH3 is 1. The highest BCUT2D eigenvalue weighted by atomic mass is 19.4. The van der Waals surface area contributed by atoms with Crippen molar-refractivity contribution in [2.75, 3.05) is 38.7 Å². The number of nitrogens with one attached hydrogen (secondary N) is 1. The Balaban J connectivity index is 1.32. The van der Waals surface area contributed by atoms with Crippen molar-refractivity contribution in [3.8, 4) is 17.0 Å². The van der Waals surface area contributed by atoms with Crippen molar-refractivity contribution in [2.45, 2.75) is 37.4 Å². The summed E-state index contributed by atoms with van der Waals surface area (Å²) in [6.07, 6.45) is -4.05. The number of hydrogen-bond acceptors (Lipinski definition) is 8. The highest BCUT2D eigenvalue weighted by Gasteiger charge is 2.36. The molecule has 10 nitrogen and oxygen atoms in total. The van der Waals surface area contributed by atoms with E-state index < -0.39 is 30.8 Å². The van der Waals surface area contributed by atoms with Crippen LogP contribution in [-0.4, -0.2) is 92.3 Å². The van der Waals surface area contributed by atoms with Crippen LogP contribution in [-0.2, 0) is 11.3 Å². The molecule has 3 aromatic heterocycles. The number of fused-ring (bicyclic) bond motifs is 2. The summed E-state index contributed by atoms with van der Waals surface area (Å²) in [6, 6.07) is 4.05. The van der Waals surface area contributed by atoms with Gasteiger partial charge in [-0.3, -0.25) is 4.90 Å². The van der Waals surface area contributed by atoms with E-state index in [1.807, 2.05) is 0 Å². The van der Waals surface area contributed by atoms with Crippen LogP contribution >= 0.6 is 0 Å². The highest BCUT2D eigenvalue weighted by Crippen LogP contribution is 2.36. The molecule has 15 heteroatoms.